The molecule has 1 fully saturated rings. The van der Waals surface area contributed by atoms with Crippen LogP contribution < -0.4 is 11.0 Å². The highest BCUT2D eigenvalue weighted by molar-refractivity contribution is 7.06. The van der Waals surface area contributed by atoms with E-state index in [-0.39, 0.29) is 12.3 Å². The quantitative estimate of drug-likeness (QED) is 0.862. The van der Waals surface area contributed by atoms with Crippen molar-refractivity contribution in [3.05, 3.63) is 33.1 Å². The molecule has 2 heterocycles. The Morgan fingerprint density at radius 2 is 2.18 bits per heavy atom. The lowest BCUT2D eigenvalue weighted by molar-refractivity contribution is -0.155. The topological polar surface area (TPSA) is 69.6 Å². The fraction of sp³-hybridized carbons (Fsp3) is 0.600. The average Bonchev–Trinajstić information content (AvgIpc) is 3.13. The van der Waals surface area contributed by atoms with E-state index < -0.39 is 11.5 Å². The summed E-state index contributed by atoms with van der Waals surface area (Å²) < 4.78 is 6.88. The molecule has 0 aromatic carbocycles. The third kappa shape index (κ3) is 2.03. The first kappa shape index (κ1) is 14.0. The molecule has 22 heavy (non-hydrogen) atoms. The van der Waals surface area contributed by atoms with Crippen molar-refractivity contribution in [3.63, 3.8) is 0 Å². The summed E-state index contributed by atoms with van der Waals surface area (Å²) in [6.45, 7) is 1.64. The maximum absolute atomic E-state index is 12.5. The molecule has 1 saturated carbocycles. The Balaban J connectivity index is 1.53. The zero-order valence-corrected chi connectivity index (χ0v) is 13.1. The highest BCUT2D eigenvalue weighted by atomic mass is 32.1. The van der Waals surface area contributed by atoms with E-state index in [1.165, 1.54) is 35.5 Å². The third-order valence-corrected chi connectivity index (χ3v) is 6.16. The molecule has 0 amide bonds. The second-order valence-electron chi connectivity index (χ2n) is 6.39. The smallest absolute Gasteiger partial charge is 0.335 e. The van der Waals surface area contributed by atoms with Crippen molar-refractivity contribution in [3.8, 4) is 0 Å². The predicted octanol–water partition coefficient (Wildman–Crippen LogP) is 1.97. The summed E-state index contributed by atoms with van der Waals surface area (Å²) >= 11 is 1.47. The van der Waals surface area contributed by atoms with Gasteiger partial charge < -0.3 is 9.57 Å². The van der Waals surface area contributed by atoms with Crippen LogP contribution in [-0.2, 0) is 21.1 Å². The number of carbonyl (C=O) groups is 1. The number of carbonyl (C=O) groups excluding carboxylic acids is 1. The molecule has 118 valence electrons. The summed E-state index contributed by atoms with van der Waals surface area (Å²) in [5, 5.41) is 0. The highest BCUT2D eigenvalue weighted by Gasteiger charge is 2.39. The minimum absolute atomic E-state index is 0.0264. The molecule has 0 radical (unpaired) electrons. The van der Waals surface area contributed by atoms with Gasteiger partial charge in [-0.15, -0.1) is 5.48 Å². The molecular weight excluding hydrogens is 304 g/mol. The van der Waals surface area contributed by atoms with E-state index in [4.69, 9.17) is 9.57 Å². The molecule has 0 saturated heterocycles. The lowest BCUT2D eigenvalue weighted by atomic mass is 9.71. The van der Waals surface area contributed by atoms with Gasteiger partial charge in [0, 0.05) is 10.4 Å². The number of hydrogen-bond donors (Lipinski definition) is 1. The van der Waals surface area contributed by atoms with Gasteiger partial charge in [0.25, 0.3) is 5.56 Å². The molecule has 6 nitrogen and oxygen atoms in total. The maximum atomic E-state index is 12.5. The minimum Gasteiger partial charge on any atom is -0.441 e. The first-order valence-corrected chi connectivity index (χ1v) is 8.37. The van der Waals surface area contributed by atoms with Crippen molar-refractivity contribution in [1.29, 1.82) is 0 Å². The summed E-state index contributed by atoms with van der Waals surface area (Å²) in [7, 11) is 0. The van der Waals surface area contributed by atoms with Gasteiger partial charge in [0.15, 0.2) is 12.3 Å². The molecule has 1 N–H and O–H groups in total. The van der Waals surface area contributed by atoms with Crippen LogP contribution in [-0.4, -0.2) is 15.5 Å². The van der Waals surface area contributed by atoms with Crippen molar-refractivity contribution in [1.82, 2.24) is 9.44 Å². The Hall–Kier alpha value is -1.60. The molecular formula is C15H18N2O4S. The SMILES string of the molecule is CC1(C(=O)OCn2sc3c(c2=O)C2CCC3CC2)C=CON1. The van der Waals surface area contributed by atoms with Crippen LogP contribution in [0.1, 0.15) is 54.9 Å². The zero-order chi connectivity index (χ0) is 15.3. The van der Waals surface area contributed by atoms with E-state index in [2.05, 4.69) is 5.48 Å². The van der Waals surface area contributed by atoms with Crippen LogP contribution in [0.5, 0.6) is 0 Å². The molecule has 3 aliphatic carbocycles. The van der Waals surface area contributed by atoms with E-state index in [9.17, 15) is 9.59 Å². The second kappa shape index (κ2) is 4.96. The molecule has 5 rings (SSSR count). The van der Waals surface area contributed by atoms with Gasteiger partial charge >= 0.3 is 5.97 Å². The summed E-state index contributed by atoms with van der Waals surface area (Å²) in [5.41, 5.74) is 2.61. The van der Waals surface area contributed by atoms with Crippen LogP contribution in [0.2, 0.25) is 0 Å². The molecule has 4 aliphatic rings. The van der Waals surface area contributed by atoms with Gasteiger partial charge in [0.05, 0.1) is 0 Å². The molecule has 2 bridgehead atoms. The maximum Gasteiger partial charge on any atom is 0.335 e. The summed E-state index contributed by atoms with van der Waals surface area (Å²) in [4.78, 5) is 30.7. The van der Waals surface area contributed by atoms with Gasteiger partial charge in [0.2, 0.25) is 0 Å². The lowest BCUT2D eigenvalue weighted by Gasteiger charge is -2.34. The number of aromatic nitrogens is 1. The standard InChI is InChI=1S/C15H18N2O4S/c1-15(6-7-21-16-15)14(19)20-8-17-13(18)11-9-2-4-10(5-3-9)12(11)22-17/h6-7,9-10,16H,2-5,8H2,1H3. The van der Waals surface area contributed by atoms with Crippen LogP contribution in [0.25, 0.3) is 0 Å². The van der Waals surface area contributed by atoms with Gasteiger partial charge in [-0.05, 0) is 50.5 Å². The van der Waals surface area contributed by atoms with Gasteiger partial charge in [-0.3, -0.25) is 4.79 Å². The van der Waals surface area contributed by atoms with Crippen molar-refractivity contribution >= 4 is 17.5 Å². The van der Waals surface area contributed by atoms with Crippen LogP contribution >= 0.6 is 11.5 Å². The molecule has 1 aliphatic heterocycles. The minimum atomic E-state index is -0.987. The molecule has 1 unspecified atom stereocenters. The van der Waals surface area contributed by atoms with E-state index in [0.29, 0.717) is 11.8 Å². The Bertz CT molecular complexity index is 699. The highest BCUT2D eigenvalue weighted by Crippen LogP contribution is 2.49. The first-order valence-electron chi connectivity index (χ1n) is 7.60. The monoisotopic (exact) mass is 322 g/mol. The fourth-order valence-corrected chi connectivity index (χ4v) is 4.85. The second-order valence-corrected chi connectivity index (χ2v) is 7.45. The molecule has 7 heteroatoms. The van der Waals surface area contributed by atoms with E-state index in [1.54, 1.807) is 17.0 Å². The van der Waals surface area contributed by atoms with Gasteiger partial charge in [-0.2, -0.15) is 0 Å². The predicted molar refractivity (Wildman–Crippen MR) is 80.4 cm³/mol. The normalized spacial score (nSPS) is 31.9. The molecule has 1 atom stereocenters. The summed E-state index contributed by atoms with van der Waals surface area (Å²) in [6.07, 6.45) is 7.61. The summed E-state index contributed by atoms with van der Waals surface area (Å²) in [6, 6.07) is 0. The van der Waals surface area contributed by atoms with Crippen LogP contribution in [0.4, 0.5) is 0 Å². The largest absolute Gasteiger partial charge is 0.441 e. The first-order chi connectivity index (χ1) is 10.6. The number of esters is 1. The Morgan fingerprint density at radius 1 is 1.45 bits per heavy atom. The molecule has 1 aromatic heterocycles. The number of fused-ring (bicyclic) bond motifs is 2. The van der Waals surface area contributed by atoms with Crippen LogP contribution in [0.15, 0.2) is 17.1 Å². The number of nitrogens with zero attached hydrogens (tertiary/aromatic N) is 1. The lowest BCUT2D eigenvalue weighted by Crippen LogP contribution is -2.45. The van der Waals surface area contributed by atoms with Gasteiger partial charge in [-0.1, -0.05) is 11.5 Å². The number of rotatable bonds is 3. The number of hydroxylamine groups is 1. The molecule has 0 spiro atoms. The van der Waals surface area contributed by atoms with Crippen molar-refractivity contribution in [2.24, 2.45) is 0 Å². The molecule has 1 aromatic rings. The van der Waals surface area contributed by atoms with Gasteiger partial charge in [-0.25, -0.2) is 8.75 Å². The summed E-state index contributed by atoms with van der Waals surface area (Å²) in [5.74, 6) is 0.480. The van der Waals surface area contributed by atoms with Crippen LogP contribution in [0.3, 0.4) is 0 Å². The van der Waals surface area contributed by atoms with Gasteiger partial charge in [0.1, 0.15) is 6.26 Å². The van der Waals surface area contributed by atoms with E-state index in [0.717, 1.165) is 18.4 Å². The number of hydrogen-bond acceptors (Lipinski definition) is 6. The Kier molecular flexibility index (Phi) is 3.16. The fourth-order valence-electron chi connectivity index (χ4n) is 3.59. The van der Waals surface area contributed by atoms with E-state index in [1.807, 2.05) is 0 Å². The van der Waals surface area contributed by atoms with Crippen molar-refractivity contribution in [2.45, 2.75) is 56.7 Å². The van der Waals surface area contributed by atoms with Crippen molar-refractivity contribution < 1.29 is 14.4 Å². The zero-order valence-electron chi connectivity index (χ0n) is 12.3. The Morgan fingerprint density at radius 3 is 2.82 bits per heavy atom. The Labute approximate surface area is 131 Å². The van der Waals surface area contributed by atoms with E-state index >= 15 is 0 Å². The van der Waals surface area contributed by atoms with Crippen molar-refractivity contribution in [2.75, 3.05) is 0 Å². The number of ether oxygens (including phenoxy) is 1. The third-order valence-electron chi connectivity index (χ3n) is 4.91. The average molecular weight is 322 g/mol. The van der Waals surface area contributed by atoms with Crippen LogP contribution in [0, 0.1) is 0 Å². The number of nitrogens with one attached hydrogen (secondary N) is 1.